The number of rotatable bonds is 2. The average Bonchev–Trinajstić information content (AvgIpc) is 2.74. The summed E-state index contributed by atoms with van der Waals surface area (Å²) in [7, 11) is 0. The molecule has 2 rings (SSSR count). The second kappa shape index (κ2) is 4.37. The average molecular weight is 322 g/mol. The minimum atomic E-state index is 0.0388. The number of carbonyl (C=O) groups is 1. The highest BCUT2D eigenvalue weighted by Crippen LogP contribution is 2.29. The van der Waals surface area contributed by atoms with Crippen molar-refractivity contribution in [3.05, 3.63) is 41.6 Å². The minimum Gasteiger partial charge on any atom is -0.288 e. The van der Waals surface area contributed by atoms with Gasteiger partial charge in [0, 0.05) is 20.3 Å². The van der Waals surface area contributed by atoms with Gasteiger partial charge in [0.05, 0.1) is 9.21 Å². The van der Waals surface area contributed by atoms with Gasteiger partial charge in [0.1, 0.15) is 0 Å². The summed E-state index contributed by atoms with van der Waals surface area (Å²) in [6.45, 7) is 1.98. The van der Waals surface area contributed by atoms with Gasteiger partial charge in [0.2, 0.25) is 5.78 Å². The van der Waals surface area contributed by atoms with Crippen LogP contribution in [0.2, 0.25) is 4.34 Å². The van der Waals surface area contributed by atoms with Gasteiger partial charge in [-0.2, -0.15) is 0 Å². The van der Waals surface area contributed by atoms with Crippen LogP contribution in [-0.2, 0) is 0 Å². The van der Waals surface area contributed by atoms with Crippen molar-refractivity contribution >= 4 is 56.0 Å². The number of ketones is 1. The molecule has 0 aliphatic heterocycles. The maximum absolute atomic E-state index is 12.0. The molecular weight excluding hydrogens is 316 g/mol. The van der Waals surface area contributed by atoms with E-state index in [-0.39, 0.29) is 5.78 Å². The zero-order valence-electron chi connectivity index (χ0n) is 7.71. The van der Waals surface area contributed by atoms with E-state index >= 15 is 0 Å². The van der Waals surface area contributed by atoms with Crippen molar-refractivity contribution < 1.29 is 4.79 Å². The molecule has 0 N–H and O–H groups in total. The fourth-order valence-electron chi connectivity index (χ4n) is 1.14. The Morgan fingerprint density at radius 2 is 2.20 bits per heavy atom. The molecule has 0 amide bonds. The second-order valence-electron chi connectivity index (χ2n) is 2.98. The largest absolute Gasteiger partial charge is 0.288 e. The lowest BCUT2D eigenvalue weighted by Gasteiger charge is -1.91. The lowest BCUT2D eigenvalue weighted by molar-refractivity contribution is 0.104. The van der Waals surface area contributed by atoms with Crippen LogP contribution in [0.5, 0.6) is 0 Å². The predicted octanol–water partition coefficient (Wildman–Crippen LogP) is 4.76. The van der Waals surface area contributed by atoms with Gasteiger partial charge in [0.15, 0.2) is 0 Å². The monoisotopic (exact) mass is 320 g/mol. The molecule has 5 heteroatoms. The van der Waals surface area contributed by atoms with Crippen molar-refractivity contribution in [1.29, 1.82) is 0 Å². The Morgan fingerprint density at radius 3 is 2.67 bits per heavy atom. The summed E-state index contributed by atoms with van der Waals surface area (Å²) in [6, 6.07) is 3.56. The third-order valence-electron chi connectivity index (χ3n) is 1.91. The molecule has 0 fully saturated rings. The SMILES string of the molecule is Cc1sc(C(=O)c2csc(Cl)c2)cc1Br. The highest BCUT2D eigenvalue weighted by molar-refractivity contribution is 9.10. The Morgan fingerprint density at radius 1 is 1.47 bits per heavy atom. The standard InChI is InChI=1S/C10H6BrClOS2/c1-5-7(11)3-8(15-5)10(13)6-2-9(12)14-4-6/h2-4H,1H3. The van der Waals surface area contributed by atoms with Crippen molar-refractivity contribution in [3.63, 3.8) is 0 Å². The molecule has 0 bridgehead atoms. The number of hydrogen-bond acceptors (Lipinski definition) is 3. The fraction of sp³-hybridized carbons (Fsp3) is 0.100. The van der Waals surface area contributed by atoms with Crippen LogP contribution in [-0.4, -0.2) is 5.78 Å². The quantitative estimate of drug-likeness (QED) is 0.729. The van der Waals surface area contributed by atoms with E-state index in [1.54, 1.807) is 11.4 Å². The molecule has 2 aromatic heterocycles. The molecule has 2 heterocycles. The van der Waals surface area contributed by atoms with Gasteiger partial charge in [-0.1, -0.05) is 11.6 Å². The Balaban J connectivity index is 2.36. The summed E-state index contributed by atoms with van der Waals surface area (Å²) in [5.74, 6) is 0.0388. The van der Waals surface area contributed by atoms with E-state index in [0.29, 0.717) is 9.90 Å². The molecular formula is C10H6BrClOS2. The zero-order valence-corrected chi connectivity index (χ0v) is 11.7. The third kappa shape index (κ3) is 2.33. The van der Waals surface area contributed by atoms with Crippen LogP contribution in [0.1, 0.15) is 20.1 Å². The molecule has 0 unspecified atom stereocenters. The van der Waals surface area contributed by atoms with Crippen LogP contribution in [0.15, 0.2) is 22.0 Å². The molecule has 1 nitrogen and oxygen atoms in total. The smallest absolute Gasteiger partial charge is 0.203 e. The number of thiophene rings is 2. The maximum atomic E-state index is 12.0. The summed E-state index contributed by atoms with van der Waals surface area (Å²) < 4.78 is 1.63. The van der Waals surface area contributed by atoms with E-state index in [9.17, 15) is 4.79 Å². The first kappa shape index (κ1) is 11.3. The van der Waals surface area contributed by atoms with Crippen LogP contribution >= 0.6 is 50.2 Å². The Bertz CT molecular complexity index is 496. The topological polar surface area (TPSA) is 17.1 Å². The summed E-state index contributed by atoms with van der Waals surface area (Å²) in [4.78, 5) is 13.8. The Hall–Kier alpha value is -0.160. The molecule has 0 saturated carbocycles. The Labute approximate surface area is 109 Å². The molecule has 0 aromatic carbocycles. The van der Waals surface area contributed by atoms with Crippen LogP contribution in [0, 0.1) is 6.92 Å². The molecule has 2 aromatic rings. The molecule has 0 aliphatic carbocycles. The van der Waals surface area contributed by atoms with Gasteiger partial charge in [0.25, 0.3) is 0 Å². The number of aryl methyl sites for hydroxylation is 1. The van der Waals surface area contributed by atoms with Gasteiger partial charge < -0.3 is 0 Å². The molecule has 15 heavy (non-hydrogen) atoms. The molecule has 0 saturated heterocycles. The third-order valence-corrected chi connectivity index (χ3v) is 5.14. The summed E-state index contributed by atoms with van der Waals surface area (Å²) in [6.07, 6.45) is 0. The van der Waals surface area contributed by atoms with Crippen molar-refractivity contribution in [2.45, 2.75) is 6.92 Å². The molecule has 78 valence electrons. The van der Waals surface area contributed by atoms with Gasteiger partial charge >= 0.3 is 0 Å². The lowest BCUT2D eigenvalue weighted by atomic mass is 10.2. The number of halogens is 2. The van der Waals surface area contributed by atoms with Crippen molar-refractivity contribution in [2.24, 2.45) is 0 Å². The normalized spacial score (nSPS) is 10.6. The van der Waals surface area contributed by atoms with Gasteiger partial charge in [-0.25, -0.2) is 0 Å². The van der Waals surface area contributed by atoms with E-state index in [1.165, 1.54) is 22.7 Å². The van der Waals surface area contributed by atoms with Gasteiger partial charge in [-0.05, 0) is 35.0 Å². The molecule has 0 spiro atoms. The molecule has 0 atom stereocenters. The van der Waals surface area contributed by atoms with E-state index in [4.69, 9.17) is 11.6 Å². The van der Waals surface area contributed by atoms with Crippen molar-refractivity contribution in [1.82, 2.24) is 0 Å². The summed E-state index contributed by atoms with van der Waals surface area (Å²) in [5, 5.41) is 1.79. The second-order valence-corrected chi connectivity index (χ2v) is 6.64. The van der Waals surface area contributed by atoms with Crippen LogP contribution in [0.3, 0.4) is 0 Å². The van der Waals surface area contributed by atoms with Gasteiger partial charge in [-0.15, -0.1) is 22.7 Å². The predicted molar refractivity (Wildman–Crippen MR) is 69.5 cm³/mol. The minimum absolute atomic E-state index is 0.0388. The van der Waals surface area contributed by atoms with Crippen LogP contribution in [0.25, 0.3) is 0 Å². The molecule has 0 aliphatic rings. The lowest BCUT2D eigenvalue weighted by Crippen LogP contribution is -1.95. The maximum Gasteiger partial charge on any atom is 0.203 e. The number of carbonyl (C=O) groups excluding carboxylic acids is 1. The first-order valence-electron chi connectivity index (χ1n) is 4.12. The zero-order chi connectivity index (χ0) is 11.0. The molecule has 0 radical (unpaired) electrons. The van der Waals surface area contributed by atoms with E-state index in [0.717, 1.165) is 14.2 Å². The Kier molecular flexibility index (Phi) is 3.30. The van der Waals surface area contributed by atoms with Crippen LogP contribution < -0.4 is 0 Å². The fourth-order valence-corrected chi connectivity index (χ4v) is 3.50. The summed E-state index contributed by atoms with van der Waals surface area (Å²) >= 11 is 12.1. The van der Waals surface area contributed by atoms with E-state index in [1.807, 2.05) is 13.0 Å². The van der Waals surface area contributed by atoms with Crippen molar-refractivity contribution in [2.75, 3.05) is 0 Å². The highest BCUT2D eigenvalue weighted by Gasteiger charge is 2.14. The first-order valence-corrected chi connectivity index (χ1v) is 6.99. The van der Waals surface area contributed by atoms with Crippen LogP contribution in [0.4, 0.5) is 0 Å². The van der Waals surface area contributed by atoms with E-state index < -0.39 is 0 Å². The summed E-state index contributed by atoms with van der Waals surface area (Å²) in [5.41, 5.74) is 0.666. The van der Waals surface area contributed by atoms with Gasteiger partial charge in [-0.3, -0.25) is 4.79 Å². The highest BCUT2D eigenvalue weighted by atomic mass is 79.9. The number of hydrogen-bond donors (Lipinski definition) is 0. The van der Waals surface area contributed by atoms with Crippen molar-refractivity contribution in [3.8, 4) is 0 Å². The first-order chi connectivity index (χ1) is 7.08. The van der Waals surface area contributed by atoms with E-state index in [2.05, 4.69) is 15.9 Å².